The fourth-order valence-electron chi connectivity index (χ4n) is 1.01. The predicted octanol–water partition coefficient (Wildman–Crippen LogP) is 0.961. The molecule has 0 saturated heterocycles. The number of aliphatic hydroxyl groups is 1. The van der Waals surface area contributed by atoms with E-state index in [2.05, 4.69) is 4.99 Å². The highest BCUT2D eigenvalue weighted by Gasteiger charge is 2.15. The van der Waals surface area contributed by atoms with Crippen LogP contribution in [-0.4, -0.2) is 28.6 Å². The summed E-state index contributed by atoms with van der Waals surface area (Å²) in [6.45, 7) is 5.91. The van der Waals surface area contributed by atoms with Gasteiger partial charge in [0.15, 0.2) is 0 Å². The van der Waals surface area contributed by atoms with E-state index in [1.54, 1.807) is 17.3 Å². The molecule has 0 saturated carbocycles. The lowest BCUT2D eigenvalue weighted by Gasteiger charge is -2.29. The number of aliphatic hydroxyl groups excluding tert-OH is 1. The smallest absolute Gasteiger partial charge is 0.149 e. The van der Waals surface area contributed by atoms with Gasteiger partial charge in [0.25, 0.3) is 0 Å². The Bertz CT molecular complexity index is 196. The van der Waals surface area contributed by atoms with Gasteiger partial charge in [0.1, 0.15) is 6.23 Å². The van der Waals surface area contributed by atoms with Gasteiger partial charge in [0.05, 0.1) is 6.34 Å². The average Bonchev–Trinajstić information content (AvgIpc) is 1.85. The maximum Gasteiger partial charge on any atom is 0.149 e. The van der Waals surface area contributed by atoms with Gasteiger partial charge >= 0.3 is 0 Å². The fourth-order valence-corrected chi connectivity index (χ4v) is 1.01. The number of hydrogen-bond acceptors (Lipinski definition) is 3. The summed E-state index contributed by atoms with van der Waals surface area (Å²) in [5.74, 6) is 0. The lowest BCUT2D eigenvalue weighted by Crippen LogP contribution is -2.39. The summed E-state index contributed by atoms with van der Waals surface area (Å²) in [4.78, 5) is 5.88. The zero-order chi connectivity index (χ0) is 8.43. The number of hydrogen-bond donors (Lipinski definition) is 1. The zero-order valence-electron chi connectivity index (χ0n) is 7.15. The number of rotatable bonds is 1. The van der Waals surface area contributed by atoms with Crippen LogP contribution in [0.3, 0.4) is 0 Å². The first-order valence-corrected chi connectivity index (χ1v) is 3.79. The molecule has 11 heavy (non-hydrogen) atoms. The van der Waals surface area contributed by atoms with Crippen molar-refractivity contribution in [2.75, 3.05) is 0 Å². The predicted molar refractivity (Wildman–Crippen MR) is 45.2 cm³/mol. The monoisotopic (exact) mass is 154 g/mol. The topological polar surface area (TPSA) is 35.8 Å². The van der Waals surface area contributed by atoms with E-state index in [4.69, 9.17) is 0 Å². The van der Waals surface area contributed by atoms with Crippen molar-refractivity contribution in [1.29, 1.82) is 0 Å². The average molecular weight is 154 g/mol. The van der Waals surface area contributed by atoms with E-state index in [9.17, 15) is 5.11 Å². The van der Waals surface area contributed by atoms with Crippen molar-refractivity contribution in [3.8, 4) is 0 Å². The third kappa shape index (κ3) is 1.80. The fraction of sp³-hybridized carbons (Fsp3) is 0.625. The molecule has 3 heteroatoms. The minimum Gasteiger partial charge on any atom is -0.370 e. The lowest BCUT2D eigenvalue weighted by atomic mass is 10.3. The van der Waals surface area contributed by atoms with Gasteiger partial charge in [-0.05, 0) is 26.8 Å². The minimum absolute atomic E-state index is 0.290. The molecule has 0 radical (unpaired) electrons. The molecule has 1 heterocycles. The van der Waals surface area contributed by atoms with Gasteiger partial charge in [-0.15, -0.1) is 0 Å². The first-order chi connectivity index (χ1) is 5.11. The van der Waals surface area contributed by atoms with E-state index in [1.807, 2.05) is 20.8 Å². The molecule has 3 nitrogen and oxygen atoms in total. The van der Waals surface area contributed by atoms with Gasteiger partial charge in [-0.3, -0.25) is 0 Å². The normalized spacial score (nSPS) is 24.3. The number of nitrogens with zero attached hydrogens (tertiary/aromatic N) is 2. The quantitative estimate of drug-likeness (QED) is 0.610. The Morgan fingerprint density at radius 2 is 2.27 bits per heavy atom. The number of allylic oxidation sites excluding steroid dienone is 1. The van der Waals surface area contributed by atoms with Crippen LogP contribution in [0.1, 0.15) is 20.8 Å². The van der Waals surface area contributed by atoms with Crippen molar-refractivity contribution in [3.63, 3.8) is 0 Å². The Hall–Kier alpha value is -0.830. The van der Waals surface area contributed by atoms with Gasteiger partial charge in [-0.2, -0.15) is 0 Å². The van der Waals surface area contributed by atoms with Gasteiger partial charge < -0.3 is 10.0 Å². The van der Waals surface area contributed by atoms with Crippen LogP contribution < -0.4 is 0 Å². The molecule has 1 N–H and O–H groups in total. The van der Waals surface area contributed by atoms with Crippen LogP contribution in [0.5, 0.6) is 0 Å². The Morgan fingerprint density at radius 1 is 1.64 bits per heavy atom. The molecule has 0 bridgehead atoms. The van der Waals surface area contributed by atoms with Crippen molar-refractivity contribution in [2.24, 2.45) is 4.99 Å². The SMILES string of the molecule is CC1=CC(O)N(C(C)C)C=N1. The van der Waals surface area contributed by atoms with E-state index >= 15 is 0 Å². The second kappa shape index (κ2) is 3.05. The minimum atomic E-state index is -0.507. The van der Waals surface area contributed by atoms with E-state index < -0.39 is 6.23 Å². The Kier molecular flexibility index (Phi) is 2.29. The van der Waals surface area contributed by atoms with Crippen LogP contribution in [0.25, 0.3) is 0 Å². The summed E-state index contributed by atoms with van der Waals surface area (Å²) < 4.78 is 0. The highest BCUT2D eigenvalue weighted by molar-refractivity contribution is 5.59. The van der Waals surface area contributed by atoms with Crippen LogP contribution in [0, 0.1) is 0 Å². The van der Waals surface area contributed by atoms with Gasteiger partial charge in [-0.1, -0.05) is 0 Å². The van der Waals surface area contributed by atoms with Crippen LogP contribution >= 0.6 is 0 Å². The van der Waals surface area contributed by atoms with E-state index in [0.717, 1.165) is 5.70 Å². The second-order valence-corrected chi connectivity index (χ2v) is 3.01. The van der Waals surface area contributed by atoms with Crippen LogP contribution in [-0.2, 0) is 0 Å². The van der Waals surface area contributed by atoms with Crippen LogP contribution in [0.2, 0.25) is 0 Å². The largest absolute Gasteiger partial charge is 0.370 e. The number of aliphatic imine (C=N–C) groups is 1. The third-order valence-electron chi connectivity index (χ3n) is 1.69. The van der Waals surface area contributed by atoms with Gasteiger partial charge in [0, 0.05) is 11.7 Å². The van der Waals surface area contributed by atoms with Crippen molar-refractivity contribution in [3.05, 3.63) is 11.8 Å². The molecule has 1 aliphatic heterocycles. The molecular weight excluding hydrogens is 140 g/mol. The van der Waals surface area contributed by atoms with Crippen molar-refractivity contribution >= 4 is 6.34 Å². The summed E-state index contributed by atoms with van der Waals surface area (Å²) in [6, 6.07) is 0.290. The summed E-state index contributed by atoms with van der Waals surface area (Å²) in [5, 5.41) is 9.47. The molecule has 1 unspecified atom stereocenters. The summed E-state index contributed by atoms with van der Waals surface area (Å²) in [7, 11) is 0. The third-order valence-corrected chi connectivity index (χ3v) is 1.69. The van der Waals surface area contributed by atoms with Gasteiger partial charge in [-0.25, -0.2) is 4.99 Å². The highest BCUT2D eigenvalue weighted by Crippen LogP contribution is 2.10. The second-order valence-electron chi connectivity index (χ2n) is 3.01. The van der Waals surface area contributed by atoms with Crippen LogP contribution in [0.15, 0.2) is 16.8 Å². The molecule has 0 aromatic rings. The molecule has 0 spiro atoms. The zero-order valence-corrected chi connectivity index (χ0v) is 7.15. The maximum atomic E-state index is 9.47. The molecule has 1 rings (SSSR count). The molecule has 0 fully saturated rings. The van der Waals surface area contributed by atoms with E-state index in [1.165, 1.54) is 0 Å². The summed E-state index contributed by atoms with van der Waals surface area (Å²) >= 11 is 0. The molecule has 1 aliphatic rings. The Morgan fingerprint density at radius 3 is 2.73 bits per heavy atom. The lowest BCUT2D eigenvalue weighted by molar-refractivity contribution is 0.0776. The highest BCUT2D eigenvalue weighted by atomic mass is 16.3. The molecular formula is C8H14N2O. The molecule has 0 aromatic carbocycles. The first kappa shape index (κ1) is 8.27. The molecule has 62 valence electrons. The Labute approximate surface area is 67.0 Å². The maximum absolute atomic E-state index is 9.47. The summed E-state index contributed by atoms with van der Waals surface area (Å²) in [5.41, 5.74) is 0.870. The molecule has 0 aliphatic carbocycles. The standard InChI is InChI=1S/C8H14N2O/c1-6(2)10-5-9-7(3)4-8(10)11/h4-6,8,11H,1-3H3. The van der Waals surface area contributed by atoms with Gasteiger partial charge in [0.2, 0.25) is 0 Å². The van der Waals surface area contributed by atoms with Crippen molar-refractivity contribution in [2.45, 2.75) is 33.0 Å². The molecule has 1 atom stereocenters. The van der Waals surface area contributed by atoms with E-state index in [0.29, 0.717) is 0 Å². The van der Waals surface area contributed by atoms with Crippen molar-refractivity contribution < 1.29 is 5.11 Å². The Balaban J connectivity index is 2.69. The first-order valence-electron chi connectivity index (χ1n) is 3.79. The van der Waals surface area contributed by atoms with Crippen molar-refractivity contribution in [1.82, 2.24) is 4.90 Å². The van der Waals surface area contributed by atoms with E-state index in [-0.39, 0.29) is 6.04 Å². The van der Waals surface area contributed by atoms with Crippen LogP contribution in [0.4, 0.5) is 0 Å². The molecule has 0 amide bonds. The molecule has 0 aromatic heterocycles. The summed E-state index contributed by atoms with van der Waals surface area (Å²) in [6.07, 6.45) is 2.91.